The molecular formula is C26H34N4O6. The molecule has 0 radical (unpaired) electrons. The van der Waals surface area contributed by atoms with Gasteiger partial charge in [-0.05, 0) is 43.4 Å². The van der Waals surface area contributed by atoms with Crippen molar-refractivity contribution >= 4 is 34.6 Å². The monoisotopic (exact) mass is 498 g/mol. The van der Waals surface area contributed by atoms with Gasteiger partial charge in [0.15, 0.2) is 0 Å². The number of fused-ring (bicyclic) bond motifs is 1. The maximum atomic E-state index is 13.3. The maximum absolute atomic E-state index is 13.3. The van der Waals surface area contributed by atoms with E-state index in [9.17, 15) is 24.3 Å². The quantitative estimate of drug-likeness (QED) is 0.339. The molecule has 2 aromatic rings. The maximum Gasteiger partial charge on any atom is 0.326 e. The number of aromatic amines is 1. The number of amides is 3. The summed E-state index contributed by atoms with van der Waals surface area (Å²) in [4.78, 5) is 53.4. The molecule has 1 aromatic heterocycles. The van der Waals surface area contributed by atoms with E-state index in [4.69, 9.17) is 4.74 Å². The van der Waals surface area contributed by atoms with Crippen LogP contribution in [0.4, 0.5) is 0 Å². The topological polar surface area (TPSA) is 150 Å². The minimum atomic E-state index is -1.21. The van der Waals surface area contributed by atoms with Gasteiger partial charge in [-0.15, -0.1) is 0 Å². The van der Waals surface area contributed by atoms with E-state index in [0.29, 0.717) is 25.1 Å². The summed E-state index contributed by atoms with van der Waals surface area (Å²) in [6.07, 6.45) is 6.20. The summed E-state index contributed by atoms with van der Waals surface area (Å²) in [6, 6.07) is 5.01. The number of aromatic nitrogens is 1. The van der Waals surface area contributed by atoms with E-state index in [2.05, 4.69) is 20.9 Å². The van der Waals surface area contributed by atoms with Crippen LogP contribution in [-0.2, 0) is 14.4 Å². The minimum Gasteiger partial charge on any atom is -0.496 e. The minimum absolute atomic E-state index is 0.0127. The molecule has 1 aliphatic heterocycles. The number of nitrogens with one attached hydrogen (secondary N) is 4. The fraction of sp³-hybridized carbons (Fsp3) is 0.538. The molecule has 2 fully saturated rings. The fourth-order valence-corrected chi connectivity index (χ4v) is 5.30. The molecule has 3 atom stereocenters. The number of carbonyl (C=O) groups is 4. The lowest BCUT2D eigenvalue weighted by molar-refractivity contribution is -0.143. The summed E-state index contributed by atoms with van der Waals surface area (Å²) in [5, 5.41) is 18.6. The van der Waals surface area contributed by atoms with Crippen molar-refractivity contribution in [2.75, 3.05) is 13.7 Å². The predicted octanol–water partition coefficient (Wildman–Crippen LogP) is 2.34. The van der Waals surface area contributed by atoms with Gasteiger partial charge in [0.2, 0.25) is 11.8 Å². The molecule has 5 N–H and O–H groups in total. The van der Waals surface area contributed by atoms with Crippen LogP contribution >= 0.6 is 0 Å². The fourth-order valence-electron chi connectivity index (χ4n) is 5.30. The molecule has 2 aliphatic rings. The SMILES string of the molecule is COc1cccc2[nH]c(C(=O)N[C@@H](CC3CCCCC3)C(=O)N[C@@H](C[C@@H]3CCNC3=O)C(=O)O)cc12. The highest BCUT2D eigenvalue weighted by Crippen LogP contribution is 2.29. The zero-order valence-electron chi connectivity index (χ0n) is 20.5. The third-order valence-corrected chi connectivity index (χ3v) is 7.30. The first-order valence-corrected chi connectivity index (χ1v) is 12.6. The molecule has 0 unspecified atom stereocenters. The summed E-state index contributed by atoms with van der Waals surface area (Å²) >= 11 is 0. The van der Waals surface area contributed by atoms with Crippen molar-refractivity contribution in [2.24, 2.45) is 11.8 Å². The van der Waals surface area contributed by atoms with Gasteiger partial charge in [0.25, 0.3) is 5.91 Å². The number of aliphatic carboxylic acids is 1. The third-order valence-electron chi connectivity index (χ3n) is 7.30. The molecule has 1 saturated carbocycles. The van der Waals surface area contributed by atoms with Crippen molar-refractivity contribution in [1.29, 1.82) is 0 Å². The van der Waals surface area contributed by atoms with Crippen LogP contribution in [0.15, 0.2) is 24.3 Å². The summed E-state index contributed by atoms with van der Waals surface area (Å²) in [6.45, 7) is 0.499. The smallest absolute Gasteiger partial charge is 0.326 e. The molecule has 2 heterocycles. The number of carboxylic acid groups (broad SMARTS) is 1. The molecule has 10 nitrogen and oxygen atoms in total. The van der Waals surface area contributed by atoms with E-state index in [-0.39, 0.29) is 23.9 Å². The average molecular weight is 499 g/mol. The number of rotatable bonds is 10. The number of hydrogen-bond acceptors (Lipinski definition) is 5. The molecule has 3 amide bonds. The summed E-state index contributed by atoms with van der Waals surface area (Å²) in [5.74, 6) is -1.97. The van der Waals surface area contributed by atoms with Gasteiger partial charge in [0, 0.05) is 23.4 Å². The molecule has 0 spiro atoms. The highest BCUT2D eigenvalue weighted by atomic mass is 16.5. The van der Waals surface area contributed by atoms with Gasteiger partial charge < -0.3 is 30.8 Å². The van der Waals surface area contributed by atoms with Gasteiger partial charge in [-0.1, -0.05) is 38.2 Å². The van der Waals surface area contributed by atoms with Crippen molar-refractivity contribution < 1.29 is 29.0 Å². The van der Waals surface area contributed by atoms with Gasteiger partial charge in [0.05, 0.1) is 7.11 Å². The molecular weight excluding hydrogens is 464 g/mol. The van der Waals surface area contributed by atoms with Crippen LogP contribution in [0.2, 0.25) is 0 Å². The Balaban J connectivity index is 1.50. The Morgan fingerprint density at radius 1 is 1.08 bits per heavy atom. The second kappa shape index (κ2) is 11.5. The third kappa shape index (κ3) is 5.98. The molecule has 1 aliphatic carbocycles. The Morgan fingerprint density at radius 2 is 1.86 bits per heavy atom. The molecule has 36 heavy (non-hydrogen) atoms. The Labute approximate surface area is 209 Å². The Hall–Kier alpha value is -3.56. The standard InChI is InChI=1S/C26H34N4O6/c1-36-22-9-5-8-18-17(22)14-20(28-18)25(33)29-19(12-15-6-3-2-4-7-15)24(32)30-21(26(34)35)13-16-10-11-27-23(16)31/h5,8-9,14-16,19,21,28H,2-4,6-7,10-13H2,1H3,(H,27,31)(H,29,33)(H,30,32)(H,34,35)/t16-,19-,21-/m0/s1. The molecule has 194 valence electrons. The number of benzene rings is 1. The van der Waals surface area contributed by atoms with Crippen LogP contribution in [0.25, 0.3) is 10.9 Å². The Bertz CT molecular complexity index is 1120. The van der Waals surface area contributed by atoms with Gasteiger partial charge >= 0.3 is 5.97 Å². The van der Waals surface area contributed by atoms with Gasteiger partial charge in [-0.25, -0.2) is 4.79 Å². The van der Waals surface area contributed by atoms with Gasteiger partial charge in [-0.3, -0.25) is 14.4 Å². The first-order valence-electron chi connectivity index (χ1n) is 12.6. The normalized spacial score (nSPS) is 19.9. The van der Waals surface area contributed by atoms with E-state index in [0.717, 1.165) is 43.0 Å². The van der Waals surface area contributed by atoms with Crippen LogP contribution in [0.1, 0.15) is 61.9 Å². The van der Waals surface area contributed by atoms with Crippen LogP contribution < -0.4 is 20.7 Å². The molecule has 1 saturated heterocycles. The Kier molecular flexibility index (Phi) is 8.12. The molecule has 0 bridgehead atoms. The highest BCUT2D eigenvalue weighted by molar-refractivity contribution is 6.01. The van der Waals surface area contributed by atoms with Gasteiger partial charge in [0.1, 0.15) is 23.5 Å². The first kappa shape index (κ1) is 25.5. The number of carbonyl (C=O) groups excluding carboxylic acids is 3. The van der Waals surface area contributed by atoms with Crippen LogP contribution in [0.3, 0.4) is 0 Å². The second-order valence-corrected chi connectivity index (χ2v) is 9.78. The lowest BCUT2D eigenvalue weighted by Gasteiger charge is -2.27. The van der Waals surface area contributed by atoms with Crippen LogP contribution in [0.5, 0.6) is 5.75 Å². The lowest BCUT2D eigenvalue weighted by Crippen LogP contribution is -2.53. The van der Waals surface area contributed by atoms with E-state index in [1.54, 1.807) is 19.2 Å². The zero-order valence-corrected chi connectivity index (χ0v) is 20.5. The van der Waals surface area contributed by atoms with Crippen molar-refractivity contribution in [3.63, 3.8) is 0 Å². The van der Waals surface area contributed by atoms with E-state index in [1.165, 1.54) is 0 Å². The molecule has 10 heteroatoms. The number of ether oxygens (including phenoxy) is 1. The summed E-state index contributed by atoms with van der Waals surface area (Å²) in [5.41, 5.74) is 1.02. The van der Waals surface area contributed by atoms with Gasteiger partial charge in [-0.2, -0.15) is 0 Å². The second-order valence-electron chi connectivity index (χ2n) is 9.78. The number of hydrogen-bond donors (Lipinski definition) is 5. The van der Waals surface area contributed by atoms with Crippen molar-refractivity contribution in [3.8, 4) is 5.75 Å². The first-order chi connectivity index (χ1) is 17.4. The number of H-pyrrole nitrogens is 1. The summed E-state index contributed by atoms with van der Waals surface area (Å²) < 4.78 is 5.37. The number of methoxy groups -OCH3 is 1. The van der Waals surface area contributed by atoms with Crippen molar-refractivity contribution in [3.05, 3.63) is 30.0 Å². The van der Waals surface area contributed by atoms with Crippen LogP contribution in [-0.4, -0.2) is 59.5 Å². The van der Waals surface area contributed by atoms with E-state index >= 15 is 0 Å². The molecule has 4 rings (SSSR count). The predicted molar refractivity (Wildman–Crippen MR) is 133 cm³/mol. The lowest BCUT2D eigenvalue weighted by atomic mass is 9.84. The van der Waals surface area contributed by atoms with Crippen molar-refractivity contribution in [2.45, 2.75) is 63.5 Å². The Morgan fingerprint density at radius 3 is 2.53 bits per heavy atom. The largest absolute Gasteiger partial charge is 0.496 e. The highest BCUT2D eigenvalue weighted by Gasteiger charge is 2.34. The van der Waals surface area contributed by atoms with E-state index < -0.39 is 35.8 Å². The number of carboxylic acids is 1. The average Bonchev–Trinajstić information content (AvgIpc) is 3.49. The van der Waals surface area contributed by atoms with Crippen LogP contribution in [0, 0.1) is 11.8 Å². The summed E-state index contributed by atoms with van der Waals surface area (Å²) in [7, 11) is 1.56. The van der Waals surface area contributed by atoms with E-state index in [1.807, 2.05) is 12.1 Å². The molecule has 1 aromatic carbocycles. The zero-order chi connectivity index (χ0) is 25.7. The van der Waals surface area contributed by atoms with Crippen molar-refractivity contribution in [1.82, 2.24) is 20.9 Å².